The summed E-state index contributed by atoms with van der Waals surface area (Å²) >= 11 is 3.92. The first kappa shape index (κ1) is 13.5. The molecule has 0 heterocycles. The van der Waals surface area contributed by atoms with E-state index in [1.165, 1.54) is 6.07 Å². The van der Waals surface area contributed by atoms with E-state index in [4.69, 9.17) is 0 Å². The summed E-state index contributed by atoms with van der Waals surface area (Å²) in [4.78, 5) is 11.3. The minimum Gasteiger partial charge on any atom is -0.284 e. The van der Waals surface area contributed by atoms with Crippen LogP contribution in [0.25, 0.3) is 0 Å². The maximum absolute atomic E-state index is 13.2. The maximum Gasteiger partial charge on any atom is 0.455 e. The van der Waals surface area contributed by atoms with E-state index in [0.717, 1.165) is 17.8 Å². The van der Waals surface area contributed by atoms with Crippen molar-refractivity contribution in [3.05, 3.63) is 28.0 Å². The van der Waals surface area contributed by atoms with Crippen LogP contribution in [-0.4, -0.2) is 18.2 Å². The molecule has 88 valence electrons. The molecular weight excluding hydrogens is 312 g/mol. The Labute approximate surface area is 101 Å². The Hall–Kier alpha value is -0.560. The van der Waals surface area contributed by atoms with Crippen molar-refractivity contribution >= 4 is 33.5 Å². The lowest BCUT2D eigenvalue weighted by atomic mass is 10.1. The van der Waals surface area contributed by atoms with Gasteiger partial charge in [0.05, 0.1) is 5.56 Å². The second-order valence-corrected chi connectivity index (χ2v) is 4.41. The standard InChI is InChI=1S/C9H5BrF4OS/c1-16-5-3-2-4(11)6(7(5)10)8(15)9(12,13)14/h2-3H,1H3. The summed E-state index contributed by atoms with van der Waals surface area (Å²) in [5, 5.41) is 0. The van der Waals surface area contributed by atoms with Gasteiger partial charge in [-0.15, -0.1) is 11.8 Å². The second kappa shape index (κ2) is 4.75. The Bertz CT molecular complexity index is 430. The fraction of sp³-hybridized carbons (Fsp3) is 0.222. The number of hydrogen-bond donors (Lipinski definition) is 0. The van der Waals surface area contributed by atoms with Gasteiger partial charge in [-0.05, 0) is 34.3 Å². The largest absolute Gasteiger partial charge is 0.455 e. The summed E-state index contributed by atoms with van der Waals surface area (Å²) in [5.41, 5.74) is -0.973. The van der Waals surface area contributed by atoms with Gasteiger partial charge in [0.2, 0.25) is 0 Å². The lowest BCUT2D eigenvalue weighted by molar-refractivity contribution is -0.0888. The summed E-state index contributed by atoms with van der Waals surface area (Å²) in [6, 6.07) is 2.15. The molecule has 16 heavy (non-hydrogen) atoms. The van der Waals surface area contributed by atoms with Gasteiger partial charge < -0.3 is 0 Å². The first-order valence-corrected chi connectivity index (χ1v) is 5.94. The molecule has 1 nitrogen and oxygen atoms in total. The molecule has 0 fully saturated rings. The highest BCUT2D eigenvalue weighted by atomic mass is 79.9. The molecule has 0 bridgehead atoms. The van der Waals surface area contributed by atoms with Crippen LogP contribution in [0.1, 0.15) is 10.4 Å². The zero-order valence-corrected chi connectivity index (χ0v) is 10.3. The number of benzene rings is 1. The maximum atomic E-state index is 13.2. The summed E-state index contributed by atoms with van der Waals surface area (Å²) in [6.45, 7) is 0. The lowest BCUT2D eigenvalue weighted by Crippen LogP contribution is -2.24. The third-order valence-corrected chi connectivity index (χ3v) is 3.63. The van der Waals surface area contributed by atoms with E-state index in [2.05, 4.69) is 15.9 Å². The zero-order valence-electron chi connectivity index (χ0n) is 7.86. The fourth-order valence-electron chi connectivity index (χ4n) is 1.04. The molecule has 7 heteroatoms. The number of rotatable bonds is 2. The molecule has 0 radical (unpaired) electrons. The van der Waals surface area contributed by atoms with E-state index in [0.29, 0.717) is 4.90 Å². The van der Waals surface area contributed by atoms with Crippen LogP contribution in [0.5, 0.6) is 0 Å². The van der Waals surface area contributed by atoms with Gasteiger partial charge in [0.25, 0.3) is 5.78 Å². The Kier molecular flexibility index (Phi) is 4.01. The molecule has 0 amide bonds. The number of ketones is 1. The molecule has 0 aromatic heterocycles. The van der Waals surface area contributed by atoms with Gasteiger partial charge in [-0.1, -0.05) is 0 Å². The number of alkyl halides is 3. The van der Waals surface area contributed by atoms with Crippen LogP contribution < -0.4 is 0 Å². The van der Waals surface area contributed by atoms with Crippen LogP contribution >= 0.6 is 27.7 Å². The number of hydrogen-bond acceptors (Lipinski definition) is 2. The van der Waals surface area contributed by atoms with E-state index < -0.39 is 23.3 Å². The Morgan fingerprint density at radius 2 is 1.94 bits per heavy atom. The number of Topliss-reactive ketones (excluding diaryl/α,β-unsaturated/α-hetero) is 1. The monoisotopic (exact) mass is 316 g/mol. The van der Waals surface area contributed by atoms with E-state index >= 15 is 0 Å². The highest BCUT2D eigenvalue weighted by Crippen LogP contribution is 2.34. The van der Waals surface area contributed by atoms with Crippen molar-refractivity contribution in [1.29, 1.82) is 0 Å². The topological polar surface area (TPSA) is 17.1 Å². The van der Waals surface area contributed by atoms with Gasteiger partial charge in [0.15, 0.2) is 0 Å². The number of halogens is 5. The summed E-state index contributed by atoms with van der Waals surface area (Å²) in [7, 11) is 0. The van der Waals surface area contributed by atoms with Crippen molar-refractivity contribution in [2.24, 2.45) is 0 Å². The molecule has 1 aromatic carbocycles. The Balaban J connectivity index is 3.38. The van der Waals surface area contributed by atoms with Gasteiger partial charge in [0.1, 0.15) is 5.82 Å². The first-order valence-electron chi connectivity index (χ1n) is 3.92. The first-order chi connectivity index (χ1) is 7.29. The van der Waals surface area contributed by atoms with Gasteiger partial charge in [-0.2, -0.15) is 13.2 Å². The molecule has 0 N–H and O–H groups in total. The number of carbonyl (C=O) groups excluding carboxylic acids is 1. The molecule has 0 spiro atoms. The second-order valence-electron chi connectivity index (χ2n) is 2.77. The fourth-order valence-corrected chi connectivity index (χ4v) is 2.51. The van der Waals surface area contributed by atoms with Crippen LogP contribution in [0.15, 0.2) is 21.5 Å². The predicted molar refractivity (Wildman–Crippen MR) is 56.3 cm³/mol. The van der Waals surface area contributed by atoms with E-state index in [1.54, 1.807) is 6.26 Å². The molecule has 0 saturated carbocycles. The Morgan fingerprint density at radius 3 is 2.38 bits per heavy atom. The van der Waals surface area contributed by atoms with E-state index in [9.17, 15) is 22.4 Å². The van der Waals surface area contributed by atoms with Crippen molar-refractivity contribution in [3.63, 3.8) is 0 Å². The van der Waals surface area contributed by atoms with Crippen LogP contribution in [0, 0.1) is 5.82 Å². The molecule has 0 unspecified atom stereocenters. The van der Waals surface area contributed by atoms with E-state index in [1.807, 2.05) is 0 Å². The highest BCUT2D eigenvalue weighted by Gasteiger charge is 2.42. The molecule has 0 aliphatic rings. The van der Waals surface area contributed by atoms with Crippen LogP contribution in [-0.2, 0) is 0 Å². The third kappa shape index (κ3) is 2.57. The summed E-state index contributed by atoms with van der Waals surface area (Å²) < 4.78 is 49.6. The predicted octanol–water partition coefficient (Wildman–Crippen LogP) is 4.06. The van der Waals surface area contributed by atoms with Gasteiger partial charge in [-0.3, -0.25) is 4.79 Å². The number of thioether (sulfide) groups is 1. The minimum absolute atomic E-state index is 0.165. The van der Waals surface area contributed by atoms with Crippen molar-refractivity contribution in [1.82, 2.24) is 0 Å². The molecule has 1 aromatic rings. The molecule has 0 atom stereocenters. The van der Waals surface area contributed by atoms with Crippen molar-refractivity contribution in [2.75, 3.05) is 6.26 Å². The average Bonchev–Trinajstić information content (AvgIpc) is 2.16. The summed E-state index contributed by atoms with van der Waals surface area (Å²) in [6.07, 6.45) is -3.47. The minimum atomic E-state index is -5.08. The Morgan fingerprint density at radius 1 is 1.38 bits per heavy atom. The lowest BCUT2D eigenvalue weighted by Gasteiger charge is -2.10. The smallest absolute Gasteiger partial charge is 0.284 e. The van der Waals surface area contributed by atoms with Crippen molar-refractivity contribution in [2.45, 2.75) is 11.1 Å². The van der Waals surface area contributed by atoms with E-state index in [-0.39, 0.29) is 4.47 Å². The zero-order chi connectivity index (χ0) is 12.5. The van der Waals surface area contributed by atoms with Crippen LogP contribution in [0.3, 0.4) is 0 Å². The van der Waals surface area contributed by atoms with Gasteiger partial charge in [0, 0.05) is 9.37 Å². The molecule has 0 saturated heterocycles. The third-order valence-electron chi connectivity index (χ3n) is 1.76. The van der Waals surface area contributed by atoms with Crippen molar-refractivity contribution < 1.29 is 22.4 Å². The van der Waals surface area contributed by atoms with Gasteiger partial charge in [-0.25, -0.2) is 4.39 Å². The quantitative estimate of drug-likeness (QED) is 0.465. The molecule has 0 aliphatic carbocycles. The SMILES string of the molecule is CSc1ccc(F)c(C(=O)C(F)(F)F)c1Br. The molecular formula is C9H5BrF4OS. The molecule has 0 aliphatic heterocycles. The highest BCUT2D eigenvalue weighted by molar-refractivity contribution is 9.10. The van der Waals surface area contributed by atoms with Crippen LogP contribution in [0.2, 0.25) is 0 Å². The average molecular weight is 317 g/mol. The van der Waals surface area contributed by atoms with Crippen LogP contribution in [0.4, 0.5) is 17.6 Å². The van der Waals surface area contributed by atoms with Gasteiger partial charge >= 0.3 is 6.18 Å². The summed E-state index contributed by atoms with van der Waals surface area (Å²) in [5.74, 6) is -3.38. The molecule has 1 rings (SSSR count). The normalized spacial score (nSPS) is 11.6. The van der Waals surface area contributed by atoms with Crippen molar-refractivity contribution in [3.8, 4) is 0 Å². The number of carbonyl (C=O) groups is 1.